The molecule has 6 rings (SSSR count). The minimum atomic E-state index is -1.20. The quantitative estimate of drug-likeness (QED) is 0.412. The number of aliphatic carboxylic acids is 1. The molecule has 0 aromatic heterocycles. The van der Waals surface area contributed by atoms with E-state index in [2.05, 4.69) is 12.2 Å². The van der Waals surface area contributed by atoms with Gasteiger partial charge in [0.05, 0.1) is 6.42 Å². The van der Waals surface area contributed by atoms with E-state index in [1.165, 1.54) is 0 Å². The number of esters is 1. The highest BCUT2D eigenvalue weighted by molar-refractivity contribution is 5.86. The fourth-order valence-corrected chi connectivity index (χ4v) is 6.58. The van der Waals surface area contributed by atoms with Crippen LogP contribution in [0.5, 0.6) is 0 Å². The van der Waals surface area contributed by atoms with Crippen LogP contribution in [0.3, 0.4) is 0 Å². The molecule has 5 aliphatic rings. The fourth-order valence-electron chi connectivity index (χ4n) is 6.58. The van der Waals surface area contributed by atoms with Gasteiger partial charge >= 0.3 is 11.9 Å². The van der Waals surface area contributed by atoms with Crippen LogP contribution in [0.4, 0.5) is 0 Å². The zero-order valence-electron chi connectivity index (χ0n) is 21.4. The molecule has 10 nitrogen and oxygen atoms in total. The van der Waals surface area contributed by atoms with Crippen LogP contribution in [-0.4, -0.2) is 46.9 Å². The van der Waals surface area contributed by atoms with E-state index in [9.17, 15) is 19.5 Å². The minimum absolute atomic E-state index is 0.0124. The lowest BCUT2D eigenvalue weighted by Crippen LogP contribution is -2.70. The van der Waals surface area contributed by atoms with Crippen molar-refractivity contribution < 1.29 is 43.5 Å². The van der Waals surface area contributed by atoms with Gasteiger partial charge in [0, 0.05) is 24.7 Å². The molecule has 4 heterocycles. The Morgan fingerprint density at radius 2 is 1.84 bits per heavy atom. The highest BCUT2D eigenvalue weighted by atomic mass is 17.3. The Morgan fingerprint density at radius 1 is 1.08 bits per heavy atom. The van der Waals surface area contributed by atoms with Gasteiger partial charge in [-0.2, -0.15) is 0 Å². The number of hydrogen-bond acceptors (Lipinski definition) is 8. The first kappa shape index (κ1) is 26.1. The third-order valence-corrected chi connectivity index (χ3v) is 8.59. The van der Waals surface area contributed by atoms with Crippen molar-refractivity contribution in [1.29, 1.82) is 0 Å². The largest absolute Gasteiger partial charge is 0.479 e. The lowest BCUT2D eigenvalue weighted by Gasteiger charge is -2.59. The van der Waals surface area contributed by atoms with Gasteiger partial charge in [0.15, 0.2) is 17.9 Å². The van der Waals surface area contributed by atoms with E-state index in [4.69, 9.17) is 24.0 Å². The van der Waals surface area contributed by atoms with Crippen LogP contribution in [0.1, 0.15) is 70.9 Å². The number of rotatable bonds is 7. The topological polar surface area (TPSA) is 130 Å². The van der Waals surface area contributed by atoms with E-state index >= 15 is 0 Å². The number of ether oxygens (including phenoxy) is 3. The molecule has 1 aromatic rings. The summed E-state index contributed by atoms with van der Waals surface area (Å²) < 4.78 is 18.2. The van der Waals surface area contributed by atoms with Crippen LogP contribution in [0.25, 0.3) is 0 Å². The molecule has 37 heavy (non-hydrogen) atoms. The molecule has 5 fully saturated rings. The number of carbonyl (C=O) groups is 3. The number of hydrogen-bond donors (Lipinski definition) is 2. The second kappa shape index (κ2) is 9.98. The van der Waals surface area contributed by atoms with Crippen LogP contribution in [0.15, 0.2) is 30.3 Å². The van der Waals surface area contributed by atoms with Crippen molar-refractivity contribution in [1.82, 2.24) is 5.32 Å². The molecule has 4 aliphatic heterocycles. The Labute approximate surface area is 215 Å². The SMILES string of the molecule is C[C@H]1[C@H](OC(=O)CCC(=O)N[C@H](C(=O)O)c2ccccc2)O[C@H]2O[C@@]3(C)CC[C@H]4[C@@H](C)CC[C@H]1[C@]24OO3. The molecule has 1 aromatic carbocycles. The van der Waals surface area contributed by atoms with E-state index in [1.54, 1.807) is 30.3 Å². The number of amides is 1. The van der Waals surface area contributed by atoms with Crippen molar-refractivity contribution in [3.05, 3.63) is 35.9 Å². The normalized spacial score (nSPS) is 39.1. The lowest BCUT2D eigenvalue weighted by atomic mass is 9.58. The Morgan fingerprint density at radius 3 is 2.57 bits per heavy atom. The van der Waals surface area contributed by atoms with Gasteiger partial charge in [0.1, 0.15) is 0 Å². The third-order valence-electron chi connectivity index (χ3n) is 8.59. The summed E-state index contributed by atoms with van der Waals surface area (Å²) in [6.45, 7) is 6.04. The summed E-state index contributed by atoms with van der Waals surface area (Å²) in [7, 11) is 0. The molecule has 0 unspecified atom stereocenters. The van der Waals surface area contributed by atoms with Gasteiger partial charge in [0.25, 0.3) is 0 Å². The first-order chi connectivity index (χ1) is 17.6. The number of carboxylic acid groups (broad SMARTS) is 1. The summed E-state index contributed by atoms with van der Waals surface area (Å²) in [5.41, 5.74) is -0.305. The predicted molar refractivity (Wildman–Crippen MR) is 127 cm³/mol. The van der Waals surface area contributed by atoms with E-state index in [0.717, 1.165) is 19.3 Å². The second-order valence-electron chi connectivity index (χ2n) is 11.0. The van der Waals surface area contributed by atoms with Crippen molar-refractivity contribution in [3.8, 4) is 0 Å². The third kappa shape index (κ3) is 4.76. The van der Waals surface area contributed by atoms with Crippen LogP contribution < -0.4 is 5.32 Å². The van der Waals surface area contributed by atoms with Crippen molar-refractivity contribution >= 4 is 17.8 Å². The van der Waals surface area contributed by atoms with Crippen LogP contribution in [0, 0.1) is 23.7 Å². The average molecular weight is 518 g/mol. The first-order valence-electron chi connectivity index (χ1n) is 13.1. The number of carbonyl (C=O) groups excluding carboxylic acids is 2. The standard InChI is InChI=1S/C27H35NO9/c1-15-9-10-19-16(2)24(34-25-27(19)18(15)13-14-26(3,35-25)36-37-27)33-21(30)12-11-20(29)28-22(23(31)32)17-7-5-4-6-8-17/h4-8,15-16,18-19,22,24-25H,9-14H2,1-3H3,(H,28,29)(H,31,32)/t15-,16+,18-,19+,22-,24+,25-,26+,27-/m0/s1. The number of nitrogens with one attached hydrogen (secondary N) is 1. The number of fused-ring (bicyclic) bond motifs is 2. The summed E-state index contributed by atoms with van der Waals surface area (Å²) >= 11 is 0. The van der Waals surface area contributed by atoms with Gasteiger partial charge in [-0.05, 0) is 43.6 Å². The molecule has 10 heteroatoms. The van der Waals surface area contributed by atoms with Crippen LogP contribution >= 0.6 is 0 Å². The van der Waals surface area contributed by atoms with Crippen LogP contribution in [0.2, 0.25) is 0 Å². The summed E-state index contributed by atoms with van der Waals surface area (Å²) in [6, 6.07) is 7.19. The Hall–Kier alpha value is -2.53. The zero-order valence-corrected chi connectivity index (χ0v) is 21.4. The lowest BCUT2D eigenvalue weighted by molar-refractivity contribution is -0.576. The molecule has 1 amide bonds. The number of benzene rings is 1. The van der Waals surface area contributed by atoms with Crippen LogP contribution in [-0.2, 0) is 38.4 Å². The highest BCUT2D eigenvalue weighted by Crippen LogP contribution is 2.60. The van der Waals surface area contributed by atoms with Gasteiger partial charge in [-0.3, -0.25) is 9.59 Å². The van der Waals surface area contributed by atoms with Crippen molar-refractivity contribution in [2.75, 3.05) is 0 Å². The Bertz CT molecular complexity index is 1030. The van der Waals surface area contributed by atoms with Gasteiger partial charge in [-0.1, -0.05) is 44.2 Å². The summed E-state index contributed by atoms with van der Waals surface area (Å²) in [5.74, 6) is -2.80. The van der Waals surface area contributed by atoms with E-state index in [1.807, 2.05) is 13.8 Å². The van der Waals surface area contributed by atoms with Gasteiger partial charge in [-0.25, -0.2) is 14.6 Å². The van der Waals surface area contributed by atoms with Crippen molar-refractivity contribution in [3.63, 3.8) is 0 Å². The molecule has 1 saturated carbocycles. The molecule has 4 saturated heterocycles. The summed E-state index contributed by atoms with van der Waals surface area (Å²) in [6.07, 6.45) is 1.48. The van der Waals surface area contributed by atoms with Gasteiger partial charge < -0.3 is 24.6 Å². The highest BCUT2D eigenvalue weighted by Gasteiger charge is 2.69. The zero-order chi connectivity index (χ0) is 26.4. The monoisotopic (exact) mass is 517 g/mol. The summed E-state index contributed by atoms with van der Waals surface area (Å²) in [4.78, 5) is 48.7. The second-order valence-corrected chi connectivity index (χ2v) is 11.0. The Kier molecular flexibility index (Phi) is 7.04. The smallest absolute Gasteiger partial charge is 0.330 e. The summed E-state index contributed by atoms with van der Waals surface area (Å²) in [5, 5.41) is 12.0. The maximum absolute atomic E-state index is 12.7. The average Bonchev–Trinajstić information content (AvgIpc) is 3.10. The molecular weight excluding hydrogens is 482 g/mol. The van der Waals surface area contributed by atoms with Crippen molar-refractivity contribution in [2.24, 2.45) is 23.7 Å². The van der Waals surface area contributed by atoms with Gasteiger partial charge in [0.2, 0.25) is 18.0 Å². The van der Waals surface area contributed by atoms with E-state index in [-0.39, 0.29) is 30.6 Å². The Balaban J connectivity index is 1.22. The molecule has 2 N–H and O–H groups in total. The number of carboxylic acids is 1. The maximum Gasteiger partial charge on any atom is 0.330 e. The molecule has 1 aliphatic carbocycles. The molecule has 1 spiro atoms. The van der Waals surface area contributed by atoms with E-state index < -0.39 is 47.9 Å². The first-order valence-corrected chi connectivity index (χ1v) is 13.1. The molecule has 202 valence electrons. The predicted octanol–water partition coefficient (Wildman–Crippen LogP) is 3.46. The van der Waals surface area contributed by atoms with E-state index in [0.29, 0.717) is 17.9 Å². The minimum Gasteiger partial charge on any atom is -0.479 e. The molecule has 2 bridgehead atoms. The van der Waals surface area contributed by atoms with Crippen molar-refractivity contribution in [2.45, 2.75) is 89.3 Å². The molecule has 9 atom stereocenters. The molecule has 0 radical (unpaired) electrons. The van der Waals surface area contributed by atoms with Gasteiger partial charge in [-0.15, -0.1) is 0 Å². The molecular formula is C27H35NO9. The fraction of sp³-hybridized carbons (Fsp3) is 0.667. The maximum atomic E-state index is 12.7.